The third-order valence-electron chi connectivity index (χ3n) is 5.38. The van der Waals surface area contributed by atoms with E-state index in [1.165, 1.54) is 11.6 Å². The standard InChI is InChI=1S/C26H25NO4.C4H4O4/c28-21(17-27-14-13-19-7-3-1-4-8-19)18-30-22-11-12-25-23(15-22)24(29)16-26(31-25)20-9-5-2-6-10-20;5-3(6)1-2-4(7)8/h1-12,15-16,21,27-28H,13-14,17-18H2;1-2H,(H,5,6)(H,7,8). The number of aliphatic carboxylic acids is 2. The molecule has 0 radical (unpaired) electrons. The Bertz CT molecular complexity index is 1430. The second-order valence-electron chi connectivity index (χ2n) is 8.41. The lowest BCUT2D eigenvalue weighted by atomic mass is 10.1. The van der Waals surface area contributed by atoms with Gasteiger partial charge in [-0.3, -0.25) is 4.79 Å². The van der Waals surface area contributed by atoms with Crippen molar-refractivity contribution in [2.45, 2.75) is 12.5 Å². The van der Waals surface area contributed by atoms with Crippen LogP contribution >= 0.6 is 0 Å². The molecule has 4 rings (SSSR count). The lowest BCUT2D eigenvalue weighted by Gasteiger charge is -2.13. The molecule has 1 unspecified atom stereocenters. The molecule has 1 heterocycles. The zero-order valence-corrected chi connectivity index (χ0v) is 21.0. The van der Waals surface area contributed by atoms with Crippen molar-refractivity contribution < 1.29 is 34.1 Å². The molecule has 4 aromatic rings. The fourth-order valence-corrected chi connectivity index (χ4v) is 3.51. The van der Waals surface area contributed by atoms with E-state index in [1.807, 2.05) is 48.5 Å². The van der Waals surface area contributed by atoms with Gasteiger partial charge in [0, 0.05) is 30.3 Å². The summed E-state index contributed by atoms with van der Waals surface area (Å²) in [6.45, 7) is 1.35. The minimum Gasteiger partial charge on any atom is -0.491 e. The number of carboxylic acid groups (broad SMARTS) is 2. The van der Waals surface area contributed by atoms with Crippen LogP contribution in [-0.2, 0) is 16.0 Å². The first-order valence-electron chi connectivity index (χ1n) is 12.1. The molecule has 1 atom stereocenters. The van der Waals surface area contributed by atoms with Crippen LogP contribution in [0, 0.1) is 0 Å². The number of fused-ring (bicyclic) bond motifs is 1. The Balaban J connectivity index is 0.000000459. The van der Waals surface area contributed by atoms with Crippen molar-refractivity contribution in [3.8, 4) is 17.1 Å². The van der Waals surface area contributed by atoms with E-state index < -0.39 is 18.0 Å². The highest BCUT2D eigenvalue weighted by molar-refractivity contribution is 5.89. The summed E-state index contributed by atoms with van der Waals surface area (Å²) in [4.78, 5) is 31.7. The monoisotopic (exact) mass is 531 g/mol. The summed E-state index contributed by atoms with van der Waals surface area (Å²) in [5.41, 5.74) is 2.48. The van der Waals surface area contributed by atoms with Crippen LogP contribution in [0.1, 0.15) is 5.56 Å². The van der Waals surface area contributed by atoms with Gasteiger partial charge in [0.15, 0.2) is 5.43 Å². The van der Waals surface area contributed by atoms with Crippen molar-refractivity contribution in [3.05, 3.63) is 113 Å². The molecular formula is C30H29NO8. The number of rotatable bonds is 11. The Morgan fingerprint density at radius 1 is 0.897 bits per heavy atom. The molecule has 0 saturated carbocycles. The Kier molecular flexibility index (Phi) is 11.0. The van der Waals surface area contributed by atoms with Gasteiger partial charge in [-0.15, -0.1) is 0 Å². The molecule has 0 amide bonds. The molecule has 0 spiro atoms. The molecule has 0 aliphatic heterocycles. The minimum absolute atomic E-state index is 0.131. The lowest BCUT2D eigenvalue weighted by molar-refractivity contribution is -0.134. The number of benzene rings is 3. The van der Waals surface area contributed by atoms with Gasteiger partial charge in [0.25, 0.3) is 0 Å². The van der Waals surface area contributed by atoms with Crippen LogP contribution in [0.2, 0.25) is 0 Å². The second-order valence-corrected chi connectivity index (χ2v) is 8.41. The van der Waals surface area contributed by atoms with Gasteiger partial charge in [-0.05, 0) is 36.7 Å². The fourth-order valence-electron chi connectivity index (χ4n) is 3.51. The summed E-state index contributed by atoms with van der Waals surface area (Å²) in [7, 11) is 0. The molecule has 9 heteroatoms. The average molecular weight is 532 g/mol. The molecule has 1 aromatic heterocycles. The van der Waals surface area contributed by atoms with Crippen molar-refractivity contribution in [1.29, 1.82) is 0 Å². The van der Waals surface area contributed by atoms with Gasteiger partial charge in [0.1, 0.15) is 29.8 Å². The largest absolute Gasteiger partial charge is 0.491 e. The predicted octanol–water partition coefficient (Wildman–Crippen LogP) is 3.74. The number of aliphatic hydroxyl groups is 1. The molecule has 0 fully saturated rings. The van der Waals surface area contributed by atoms with Crippen LogP contribution in [0.15, 0.2) is 106 Å². The Morgan fingerprint density at radius 2 is 1.54 bits per heavy atom. The first-order chi connectivity index (χ1) is 18.8. The molecule has 202 valence electrons. The summed E-state index contributed by atoms with van der Waals surface area (Å²) in [5.74, 6) is -1.46. The zero-order valence-electron chi connectivity index (χ0n) is 21.0. The Labute approximate surface area is 224 Å². The van der Waals surface area contributed by atoms with Crippen LogP contribution in [0.3, 0.4) is 0 Å². The number of aliphatic hydroxyl groups excluding tert-OH is 1. The summed E-state index contributed by atoms with van der Waals surface area (Å²) in [6.07, 6.45) is 1.37. The number of carbonyl (C=O) groups is 2. The van der Waals surface area contributed by atoms with E-state index in [0.717, 1.165) is 18.5 Å². The Morgan fingerprint density at radius 3 is 2.18 bits per heavy atom. The summed E-state index contributed by atoms with van der Waals surface area (Å²) in [5, 5.41) is 29.5. The quantitative estimate of drug-likeness (QED) is 0.168. The summed E-state index contributed by atoms with van der Waals surface area (Å²) >= 11 is 0. The number of nitrogens with one attached hydrogen (secondary N) is 1. The second kappa shape index (κ2) is 14.9. The third-order valence-corrected chi connectivity index (χ3v) is 5.38. The van der Waals surface area contributed by atoms with Gasteiger partial charge >= 0.3 is 11.9 Å². The van der Waals surface area contributed by atoms with Crippen molar-refractivity contribution in [2.24, 2.45) is 0 Å². The first kappa shape index (κ1) is 28.8. The SMILES string of the molecule is O=C(O)C=CC(=O)O.O=c1cc(-c2ccccc2)oc2ccc(OCC(O)CNCCc3ccccc3)cc12. The zero-order chi connectivity index (χ0) is 28.0. The van der Waals surface area contributed by atoms with Gasteiger partial charge in [-0.2, -0.15) is 0 Å². The van der Waals surface area contributed by atoms with Crippen LogP contribution in [0.5, 0.6) is 5.75 Å². The third kappa shape index (κ3) is 9.92. The maximum absolute atomic E-state index is 12.6. The van der Waals surface area contributed by atoms with Crippen LogP contribution in [0.25, 0.3) is 22.3 Å². The van der Waals surface area contributed by atoms with E-state index in [-0.39, 0.29) is 12.0 Å². The number of ether oxygens (including phenoxy) is 1. The van der Waals surface area contributed by atoms with E-state index in [4.69, 9.17) is 19.4 Å². The summed E-state index contributed by atoms with van der Waals surface area (Å²) in [6, 6.07) is 26.3. The molecule has 0 aliphatic rings. The van der Waals surface area contributed by atoms with Gasteiger partial charge in [-0.25, -0.2) is 9.59 Å². The highest BCUT2D eigenvalue weighted by Crippen LogP contribution is 2.24. The normalized spacial score (nSPS) is 11.5. The molecule has 4 N–H and O–H groups in total. The van der Waals surface area contributed by atoms with Gasteiger partial charge < -0.3 is 29.8 Å². The number of carboxylic acids is 2. The molecule has 39 heavy (non-hydrogen) atoms. The fraction of sp³-hybridized carbons (Fsp3) is 0.167. The lowest BCUT2D eigenvalue weighted by Crippen LogP contribution is -2.32. The Hall–Kier alpha value is -4.73. The molecule has 0 aliphatic carbocycles. The van der Waals surface area contributed by atoms with Crippen LogP contribution in [-0.4, -0.2) is 53.1 Å². The maximum Gasteiger partial charge on any atom is 0.328 e. The van der Waals surface area contributed by atoms with Gasteiger partial charge in [-0.1, -0.05) is 60.7 Å². The molecule has 0 bridgehead atoms. The number of hydrogen-bond acceptors (Lipinski definition) is 7. The predicted molar refractivity (Wildman–Crippen MR) is 147 cm³/mol. The number of hydrogen-bond donors (Lipinski definition) is 4. The molecule has 3 aromatic carbocycles. The highest BCUT2D eigenvalue weighted by Gasteiger charge is 2.10. The van der Waals surface area contributed by atoms with E-state index in [0.29, 0.717) is 41.2 Å². The van der Waals surface area contributed by atoms with Crippen molar-refractivity contribution >= 4 is 22.9 Å². The van der Waals surface area contributed by atoms with E-state index in [1.54, 1.807) is 18.2 Å². The molecular weight excluding hydrogens is 502 g/mol. The highest BCUT2D eigenvalue weighted by atomic mass is 16.5. The van der Waals surface area contributed by atoms with Crippen molar-refractivity contribution in [1.82, 2.24) is 5.32 Å². The first-order valence-corrected chi connectivity index (χ1v) is 12.1. The molecule has 9 nitrogen and oxygen atoms in total. The minimum atomic E-state index is -1.26. The van der Waals surface area contributed by atoms with Crippen LogP contribution < -0.4 is 15.5 Å². The smallest absolute Gasteiger partial charge is 0.328 e. The van der Waals surface area contributed by atoms with Crippen molar-refractivity contribution in [2.75, 3.05) is 19.7 Å². The van der Waals surface area contributed by atoms with Gasteiger partial charge in [0.05, 0.1) is 5.39 Å². The maximum atomic E-state index is 12.6. The average Bonchev–Trinajstić information content (AvgIpc) is 2.94. The summed E-state index contributed by atoms with van der Waals surface area (Å²) < 4.78 is 11.6. The molecule has 0 saturated heterocycles. The van der Waals surface area contributed by atoms with Crippen LogP contribution in [0.4, 0.5) is 0 Å². The van der Waals surface area contributed by atoms with Crippen molar-refractivity contribution in [3.63, 3.8) is 0 Å². The van der Waals surface area contributed by atoms with E-state index in [9.17, 15) is 19.5 Å². The van der Waals surface area contributed by atoms with Gasteiger partial charge in [0.2, 0.25) is 0 Å². The van der Waals surface area contributed by atoms with E-state index >= 15 is 0 Å². The topological polar surface area (TPSA) is 146 Å². The van der Waals surface area contributed by atoms with E-state index in [2.05, 4.69) is 17.4 Å².